The molecule has 1 aromatic carbocycles. The minimum Gasteiger partial charge on any atom is -0.480 e. The van der Waals surface area contributed by atoms with Crippen LogP contribution in [-0.4, -0.2) is 32.2 Å². The fourth-order valence-corrected chi connectivity index (χ4v) is 2.09. The van der Waals surface area contributed by atoms with Crippen LogP contribution in [-0.2, 0) is 16.1 Å². The highest BCUT2D eigenvalue weighted by Crippen LogP contribution is 2.27. The predicted molar refractivity (Wildman–Crippen MR) is 77.5 cm³/mol. The monoisotopic (exact) mass is 326 g/mol. The molecule has 0 aliphatic heterocycles. The zero-order chi connectivity index (χ0) is 16.7. The fourth-order valence-electron chi connectivity index (χ4n) is 1.88. The second-order valence-electron chi connectivity index (χ2n) is 5.44. The van der Waals surface area contributed by atoms with E-state index in [4.69, 9.17) is 21.1 Å². The highest BCUT2D eigenvalue weighted by molar-refractivity contribution is 6.32. The summed E-state index contributed by atoms with van der Waals surface area (Å²) < 4.78 is 5.33. The normalized spacial score (nSPS) is 11.7. The number of aliphatic carboxylic acids is 1. The molecule has 2 N–H and O–H groups in total. The number of nitrogens with zero attached hydrogens (tertiary/aromatic N) is 2. The van der Waals surface area contributed by atoms with Crippen molar-refractivity contribution >= 4 is 34.6 Å². The van der Waals surface area contributed by atoms with Crippen molar-refractivity contribution in [1.82, 2.24) is 10.0 Å². The van der Waals surface area contributed by atoms with Crippen molar-refractivity contribution in [3.05, 3.63) is 28.6 Å². The second-order valence-corrected chi connectivity index (χ2v) is 5.84. The Hall–Kier alpha value is -2.12. The van der Waals surface area contributed by atoms with Gasteiger partial charge in [-0.05, 0) is 25.5 Å². The quantitative estimate of drug-likeness (QED) is 0.508. The van der Waals surface area contributed by atoms with E-state index < -0.39 is 17.3 Å². The molecule has 1 amide bonds. The lowest BCUT2D eigenvalue weighted by Gasteiger charge is -2.24. The number of hydrogen-bond acceptors (Lipinski definition) is 5. The molecule has 0 fully saturated rings. The van der Waals surface area contributed by atoms with E-state index >= 15 is 0 Å². The Labute approximate surface area is 131 Å². The summed E-state index contributed by atoms with van der Waals surface area (Å²) in [6.45, 7) is 3.86. The van der Waals surface area contributed by atoms with Gasteiger partial charge in [-0.25, -0.2) is 10.0 Å². The van der Waals surface area contributed by atoms with Gasteiger partial charge < -0.3 is 9.52 Å². The van der Waals surface area contributed by atoms with E-state index in [-0.39, 0.29) is 11.6 Å². The minimum absolute atomic E-state index is 0.254. The summed E-state index contributed by atoms with van der Waals surface area (Å²) in [5.74, 6) is -1.80. The molecular formula is C14H15ClN2O5. The summed E-state index contributed by atoms with van der Waals surface area (Å²) in [5, 5.41) is 19.5. The van der Waals surface area contributed by atoms with Gasteiger partial charge in [0.1, 0.15) is 10.9 Å². The van der Waals surface area contributed by atoms with Crippen molar-refractivity contribution in [3.8, 4) is 0 Å². The number of aromatic nitrogens is 1. The number of carboxylic acids is 1. The number of hydrogen-bond donors (Lipinski definition) is 2. The van der Waals surface area contributed by atoms with E-state index in [1.807, 2.05) is 0 Å². The van der Waals surface area contributed by atoms with Crippen LogP contribution in [0.5, 0.6) is 0 Å². The van der Waals surface area contributed by atoms with Crippen LogP contribution >= 0.6 is 11.6 Å². The summed E-state index contributed by atoms with van der Waals surface area (Å²) >= 11 is 6.08. The van der Waals surface area contributed by atoms with Gasteiger partial charge >= 0.3 is 5.97 Å². The lowest BCUT2D eigenvalue weighted by atomic mass is 9.92. The Kier molecular flexibility index (Phi) is 4.12. The zero-order valence-corrected chi connectivity index (χ0v) is 13.0. The number of carbonyl (C=O) groups excluding carboxylic acids is 1. The third-order valence-corrected chi connectivity index (χ3v) is 3.64. The van der Waals surface area contributed by atoms with Crippen molar-refractivity contribution in [3.63, 3.8) is 0 Å². The minimum atomic E-state index is -1.74. The number of carbonyl (C=O) groups is 2. The maximum atomic E-state index is 12.0. The van der Waals surface area contributed by atoms with Gasteiger partial charge in [-0.3, -0.25) is 14.8 Å². The lowest BCUT2D eigenvalue weighted by Crippen LogP contribution is -2.43. The van der Waals surface area contributed by atoms with E-state index in [0.717, 1.165) is 0 Å². The van der Waals surface area contributed by atoms with E-state index in [1.165, 1.54) is 19.9 Å². The Morgan fingerprint density at radius 3 is 2.64 bits per heavy atom. The first-order valence-corrected chi connectivity index (χ1v) is 6.80. The van der Waals surface area contributed by atoms with Gasteiger partial charge in [-0.1, -0.05) is 11.6 Å². The first-order valence-electron chi connectivity index (χ1n) is 6.42. The van der Waals surface area contributed by atoms with Crippen LogP contribution < -0.4 is 0 Å². The highest BCUT2D eigenvalue weighted by atomic mass is 35.5. The van der Waals surface area contributed by atoms with Crippen LogP contribution in [0.4, 0.5) is 0 Å². The summed E-state index contributed by atoms with van der Waals surface area (Å²) in [6, 6.07) is 3.12. The van der Waals surface area contributed by atoms with Crippen LogP contribution in [0, 0.1) is 12.3 Å². The molecule has 0 bridgehead atoms. The zero-order valence-electron chi connectivity index (χ0n) is 12.3. The topological polar surface area (TPSA) is 104 Å². The lowest BCUT2D eigenvalue weighted by molar-refractivity contribution is -0.183. The molecule has 8 heteroatoms. The number of aryl methyl sites for hydroxylation is 1. The molecule has 0 unspecified atom stereocenters. The summed E-state index contributed by atoms with van der Waals surface area (Å²) in [6.07, 6.45) is 0. The molecule has 0 spiro atoms. The van der Waals surface area contributed by atoms with Gasteiger partial charge in [0.15, 0.2) is 11.5 Å². The second kappa shape index (κ2) is 5.58. The molecule has 2 rings (SSSR count). The SMILES string of the molecule is Cc1nc2cc(CN(O)C(=O)C(C)(C)C(=O)O)c(Cl)cc2o1. The molecule has 0 saturated heterocycles. The number of halogens is 1. The van der Waals surface area contributed by atoms with Crippen LogP contribution in [0.2, 0.25) is 5.02 Å². The molecule has 0 atom stereocenters. The molecule has 7 nitrogen and oxygen atoms in total. The van der Waals surface area contributed by atoms with E-state index in [1.54, 1.807) is 13.0 Å². The molecule has 2 aromatic rings. The van der Waals surface area contributed by atoms with Gasteiger partial charge in [0.25, 0.3) is 5.91 Å². The third-order valence-electron chi connectivity index (χ3n) is 3.29. The van der Waals surface area contributed by atoms with E-state index in [0.29, 0.717) is 27.6 Å². The largest absolute Gasteiger partial charge is 0.480 e. The van der Waals surface area contributed by atoms with Crippen LogP contribution in [0.25, 0.3) is 11.1 Å². The number of rotatable bonds is 4. The molecule has 0 radical (unpaired) electrons. The molecular weight excluding hydrogens is 312 g/mol. The smallest absolute Gasteiger partial charge is 0.318 e. The van der Waals surface area contributed by atoms with Crippen molar-refractivity contribution in [2.45, 2.75) is 27.3 Å². The van der Waals surface area contributed by atoms with Crippen LogP contribution in [0.3, 0.4) is 0 Å². The van der Waals surface area contributed by atoms with Crippen molar-refractivity contribution in [2.24, 2.45) is 5.41 Å². The maximum Gasteiger partial charge on any atom is 0.318 e. The van der Waals surface area contributed by atoms with Crippen molar-refractivity contribution in [1.29, 1.82) is 0 Å². The maximum absolute atomic E-state index is 12.0. The Balaban J connectivity index is 2.28. The average molecular weight is 327 g/mol. The predicted octanol–water partition coefficient (Wildman–Crippen LogP) is 2.62. The first-order chi connectivity index (χ1) is 10.1. The Bertz CT molecular complexity index is 753. The van der Waals surface area contributed by atoms with Crippen LogP contribution in [0.1, 0.15) is 25.3 Å². The number of fused-ring (bicyclic) bond motifs is 1. The first kappa shape index (κ1) is 16.3. The Morgan fingerprint density at radius 2 is 2.05 bits per heavy atom. The number of amides is 1. The van der Waals surface area contributed by atoms with E-state index in [2.05, 4.69) is 4.98 Å². The highest BCUT2D eigenvalue weighted by Gasteiger charge is 2.39. The van der Waals surface area contributed by atoms with Gasteiger partial charge in [0, 0.05) is 18.0 Å². The third kappa shape index (κ3) is 2.90. The number of oxazole rings is 1. The van der Waals surface area contributed by atoms with Crippen molar-refractivity contribution in [2.75, 3.05) is 0 Å². The number of carboxylic acid groups (broad SMARTS) is 1. The van der Waals surface area contributed by atoms with Gasteiger partial charge in [0.05, 0.1) is 6.54 Å². The summed E-state index contributed by atoms with van der Waals surface area (Å²) in [7, 11) is 0. The fraction of sp³-hybridized carbons (Fsp3) is 0.357. The molecule has 0 saturated carbocycles. The molecule has 22 heavy (non-hydrogen) atoms. The van der Waals surface area contributed by atoms with Gasteiger partial charge in [0.2, 0.25) is 0 Å². The Morgan fingerprint density at radius 1 is 1.41 bits per heavy atom. The average Bonchev–Trinajstić information content (AvgIpc) is 2.77. The van der Waals surface area contributed by atoms with Crippen LogP contribution in [0.15, 0.2) is 16.5 Å². The molecule has 118 valence electrons. The van der Waals surface area contributed by atoms with E-state index in [9.17, 15) is 14.8 Å². The van der Waals surface area contributed by atoms with Gasteiger partial charge in [-0.2, -0.15) is 0 Å². The molecule has 0 aliphatic rings. The number of hydroxylamine groups is 2. The molecule has 0 aliphatic carbocycles. The number of benzene rings is 1. The summed E-state index contributed by atoms with van der Waals surface area (Å²) in [5.41, 5.74) is -0.279. The molecule has 1 heterocycles. The summed E-state index contributed by atoms with van der Waals surface area (Å²) in [4.78, 5) is 27.2. The molecule has 1 aromatic heterocycles. The standard InChI is InChI=1S/C14H15ClN2O5/c1-7-16-10-4-8(9(15)5-11(10)22-7)6-17(21)12(18)14(2,3)13(19)20/h4-5,21H,6H2,1-3H3,(H,19,20). The van der Waals surface area contributed by atoms with Crippen molar-refractivity contribution < 1.29 is 24.3 Å². The van der Waals surface area contributed by atoms with Gasteiger partial charge in [-0.15, -0.1) is 0 Å².